The number of benzene rings is 1. The van der Waals surface area contributed by atoms with Crippen molar-refractivity contribution in [3.05, 3.63) is 53.5 Å². The van der Waals surface area contributed by atoms with Crippen LogP contribution in [0.2, 0.25) is 0 Å². The predicted molar refractivity (Wildman–Crippen MR) is 123 cm³/mol. The molecule has 6 nitrogen and oxygen atoms in total. The van der Waals surface area contributed by atoms with Gasteiger partial charge in [-0.2, -0.15) is 4.98 Å². The maximum Gasteiger partial charge on any atom is 0.229 e. The summed E-state index contributed by atoms with van der Waals surface area (Å²) in [5.41, 5.74) is 3.95. The monoisotopic (exact) mass is 419 g/mol. The van der Waals surface area contributed by atoms with Gasteiger partial charge in [0.05, 0.1) is 10.6 Å². The number of hydrogen-bond donors (Lipinski definition) is 2. The average molecular weight is 420 g/mol. The van der Waals surface area contributed by atoms with Crippen LogP contribution in [0.4, 0.5) is 11.6 Å². The Morgan fingerprint density at radius 1 is 1.13 bits per heavy atom. The highest BCUT2D eigenvalue weighted by Gasteiger charge is 2.13. The number of H-pyrrole nitrogens is 1. The summed E-state index contributed by atoms with van der Waals surface area (Å²) in [7, 11) is 0. The number of anilines is 2. The minimum atomic E-state index is 0.578. The van der Waals surface area contributed by atoms with Crippen LogP contribution < -0.4 is 10.1 Å². The highest BCUT2D eigenvalue weighted by atomic mass is 32.1. The maximum absolute atomic E-state index is 5.90. The van der Waals surface area contributed by atoms with Gasteiger partial charge in [0.2, 0.25) is 5.95 Å². The van der Waals surface area contributed by atoms with Crippen LogP contribution in [0.3, 0.4) is 0 Å². The van der Waals surface area contributed by atoms with Gasteiger partial charge < -0.3 is 15.0 Å². The smallest absolute Gasteiger partial charge is 0.229 e. The second-order valence-electron chi connectivity index (χ2n) is 7.67. The van der Waals surface area contributed by atoms with Gasteiger partial charge in [0, 0.05) is 23.8 Å². The number of aromatic amines is 1. The molecule has 154 valence electrons. The quantitative estimate of drug-likeness (QED) is 0.430. The lowest BCUT2D eigenvalue weighted by Gasteiger charge is -2.15. The Bertz CT molecular complexity index is 1130. The van der Waals surface area contributed by atoms with Crippen molar-refractivity contribution in [2.45, 2.75) is 19.8 Å². The van der Waals surface area contributed by atoms with Crippen molar-refractivity contribution in [2.24, 2.45) is 0 Å². The molecule has 7 heteroatoms. The number of fused-ring (bicyclic) bond motifs is 1. The van der Waals surface area contributed by atoms with E-state index in [2.05, 4.69) is 38.6 Å². The van der Waals surface area contributed by atoms with Gasteiger partial charge in [0.1, 0.15) is 18.0 Å². The fraction of sp³-hybridized carbons (Fsp3) is 0.304. The molecule has 4 heterocycles. The van der Waals surface area contributed by atoms with Crippen LogP contribution in [0, 0.1) is 6.92 Å². The zero-order chi connectivity index (χ0) is 20.3. The number of aromatic nitrogens is 3. The van der Waals surface area contributed by atoms with Gasteiger partial charge in [0.25, 0.3) is 0 Å². The highest BCUT2D eigenvalue weighted by molar-refractivity contribution is 7.13. The van der Waals surface area contributed by atoms with Gasteiger partial charge in [-0.05, 0) is 80.2 Å². The summed E-state index contributed by atoms with van der Waals surface area (Å²) in [6, 6.07) is 12.2. The number of ether oxygens (including phenoxy) is 1. The van der Waals surface area contributed by atoms with Crippen LogP contribution in [0.5, 0.6) is 5.75 Å². The number of rotatable bonds is 7. The third-order valence-electron chi connectivity index (χ3n) is 5.37. The van der Waals surface area contributed by atoms with Crippen LogP contribution in [0.25, 0.3) is 21.6 Å². The van der Waals surface area contributed by atoms with Crippen molar-refractivity contribution in [1.29, 1.82) is 0 Å². The molecule has 1 saturated heterocycles. The molecule has 1 fully saturated rings. The normalized spacial score (nSPS) is 14.4. The molecular weight excluding hydrogens is 394 g/mol. The minimum Gasteiger partial charge on any atom is -0.492 e. The molecule has 1 aliphatic heterocycles. The van der Waals surface area contributed by atoms with E-state index in [0.717, 1.165) is 46.2 Å². The predicted octanol–water partition coefficient (Wildman–Crippen LogP) is 5.21. The first-order chi connectivity index (χ1) is 14.7. The molecule has 0 unspecified atom stereocenters. The molecule has 1 aliphatic rings. The topological polar surface area (TPSA) is 66.1 Å². The van der Waals surface area contributed by atoms with Gasteiger partial charge >= 0.3 is 0 Å². The number of nitrogens with zero attached hydrogens (tertiary/aromatic N) is 3. The molecule has 2 N–H and O–H groups in total. The van der Waals surface area contributed by atoms with Crippen molar-refractivity contribution < 1.29 is 4.74 Å². The van der Waals surface area contributed by atoms with Crippen LogP contribution in [-0.4, -0.2) is 46.1 Å². The number of aryl methyl sites for hydroxylation is 1. The van der Waals surface area contributed by atoms with E-state index in [-0.39, 0.29) is 0 Å². The van der Waals surface area contributed by atoms with Gasteiger partial charge in [0.15, 0.2) is 0 Å². The minimum absolute atomic E-state index is 0.578. The number of likely N-dealkylation sites (tertiary alicyclic amines) is 1. The van der Waals surface area contributed by atoms with Gasteiger partial charge in [-0.15, -0.1) is 11.3 Å². The molecule has 0 bridgehead atoms. The zero-order valence-electron chi connectivity index (χ0n) is 17.0. The number of nitrogens with one attached hydrogen (secondary N) is 2. The lowest BCUT2D eigenvalue weighted by atomic mass is 10.2. The van der Waals surface area contributed by atoms with Crippen molar-refractivity contribution >= 4 is 34.0 Å². The van der Waals surface area contributed by atoms with Crippen molar-refractivity contribution in [3.63, 3.8) is 0 Å². The van der Waals surface area contributed by atoms with Crippen LogP contribution >= 0.6 is 11.3 Å². The van der Waals surface area contributed by atoms with Gasteiger partial charge in [-0.1, -0.05) is 0 Å². The Labute approximate surface area is 179 Å². The summed E-state index contributed by atoms with van der Waals surface area (Å²) in [5, 5.41) is 6.51. The highest BCUT2D eigenvalue weighted by Crippen LogP contribution is 2.32. The molecule has 5 rings (SSSR count). The molecule has 1 aromatic carbocycles. The van der Waals surface area contributed by atoms with E-state index >= 15 is 0 Å². The molecule has 0 aliphatic carbocycles. The molecule has 0 atom stereocenters. The van der Waals surface area contributed by atoms with E-state index in [1.807, 2.05) is 36.5 Å². The Morgan fingerprint density at radius 3 is 2.73 bits per heavy atom. The summed E-state index contributed by atoms with van der Waals surface area (Å²) >= 11 is 1.70. The van der Waals surface area contributed by atoms with E-state index in [0.29, 0.717) is 5.95 Å². The van der Waals surface area contributed by atoms with Crippen molar-refractivity contribution in [2.75, 3.05) is 31.6 Å². The average Bonchev–Trinajstić information content (AvgIpc) is 3.51. The standard InChI is InChI=1S/C23H25N5OS/c1-16-14-20(30-15-16)21-19-8-9-24-22(19)27-23(26-21)25-17-4-6-18(7-5-17)29-13-12-28-10-2-3-11-28/h4-9,14-15H,2-3,10-13H2,1H3,(H2,24,25,26,27). The Hall–Kier alpha value is -2.90. The SMILES string of the molecule is Cc1csc(-c2nc(Nc3ccc(OCCN4CCCC4)cc3)nc3[nH]ccc23)c1. The molecule has 3 aromatic heterocycles. The molecule has 0 spiro atoms. The molecule has 30 heavy (non-hydrogen) atoms. The molecule has 0 amide bonds. The summed E-state index contributed by atoms with van der Waals surface area (Å²) in [5.74, 6) is 1.46. The number of hydrogen-bond acceptors (Lipinski definition) is 6. The van der Waals surface area contributed by atoms with E-state index in [1.54, 1.807) is 11.3 Å². The van der Waals surface area contributed by atoms with Crippen LogP contribution in [0.15, 0.2) is 48.0 Å². The zero-order valence-corrected chi connectivity index (χ0v) is 17.8. The van der Waals surface area contributed by atoms with Crippen LogP contribution in [0.1, 0.15) is 18.4 Å². The van der Waals surface area contributed by atoms with E-state index < -0.39 is 0 Å². The lowest BCUT2D eigenvalue weighted by Crippen LogP contribution is -2.25. The second-order valence-corrected chi connectivity index (χ2v) is 8.58. The number of thiophene rings is 1. The first-order valence-electron chi connectivity index (χ1n) is 10.4. The largest absolute Gasteiger partial charge is 0.492 e. The van der Waals surface area contributed by atoms with E-state index in [1.165, 1.54) is 31.5 Å². The summed E-state index contributed by atoms with van der Waals surface area (Å²) in [4.78, 5) is 16.2. The fourth-order valence-electron chi connectivity index (χ4n) is 3.80. The summed E-state index contributed by atoms with van der Waals surface area (Å²) in [6.45, 7) is 6.22. The maximum atomic E-state index is 5.90. The van der Waals surface area contributed by atoms with Crippen LogP contribution in [-0.2, 0) is 0 Å². The molecule has 4 aromatic rings. The third kappa shape index (κ3) is 4.17. The Balaban J connectivity index is 1.29. The van der Waals surface area contributed by atoms with E-state index in [4.69, 9.17) is 9.72 Å². The Morgan fingerprint density at radius 2 is 1.97 bits per heavy atom. The summed E-state index contributed by atoms with van der Waals surface area (Å²) in [6.07, 6.45) is 4.52. The first-order valence-corrected chi connectivity index (χ1v) is 11.3. The second kappa shape index (κ2) is 8.45. The van der Waals surface area contributed by atoms with Crippen molar-refractivity contribution in [3.8, 4) is 16.3 Å². The lowest BCUT2D eigenvalue weighted by molar-refractivity contribution is 0.238. The van der Waals surface area contributed by atoms with Gasteiger partial charge in [-0.3, -0.25) is 4.90 Å². The summed E-state index contributed by atoms with van der Waals surface area (Å²) < 4.78 is 5.90. The molecule has 0 saturated carbocycles. The molecular formula is C23H25N5OS. The van der Waals surface area contributed by atoms with E-state index in [9.17, 15) is 0 Å². The third-order valence-corrected chi connectivity index (χ3v) is 6.42. The Kier molecular flexibility index (Phi) is 5.38. The van der Waals surface area contributed by atoms with Crippen molar-refractivity contribution in [1.82, 2.24) is 19.9 Å². The first kappa shape index (κ1) is 19.1. The molecule has 0 radical (unpaired) electrons. The van der Waals surface area contributed by atoms with Gasteiger partial charge in [-0.25, -0.2) is 4.98 Å². The fourth-order valence-corrected chi connectivity index (χ4v) is 4.70.